The van der Waals surface area contributed by atoms with Crippen LogP contribution in [-0.2, 0) is 49.4 Å². The lowest BCUT2D eigenvalue weighted by Gasteiger charge is -2.38. The highest BCUT2D eigenvalue weighted by molar-refractivity contribution is 7.89. The Morgan fingerprint density at radius 1 is 0.283 bits per heavy atom. The largest absolute Gasteiger partial charge is 0.417 e. The molecule has 60 heavy (non-hydrogen) atoms. The molecule has 0 saturated heterocycles. The number of alkyl halides is 24. The summed E-state index contributed by atoms with van der Waals surface area (Å²) in [6.07, 6.45) is -50.5. The fourth-order valence-electron chi connectivity index (χ4n) is 6.28. The summed E-state index contributed by atoms with van der Waals surface area (Å²) in [7, 11) is -9.35. The molecule has 0 nitrogen and oxygen atoms in total. The zero-order valence-electron chi connectivity index (χ0n) is 28.5. The van der Waals surface area contributed by atoms with E-state index in [9.17, 15) is 105 Å². The average Bonchev–Trinajstić information content (AvgIpc) is 3.04. The van der Waals surface area contributed by atoms with Crippen LogP contribution in [0.1, 0.15) is 51.4 Å². The summed E-state index contributed by atoms with van der Waals surface area (Å²) in [5.74, 6) is 0. The summed E-state index contributed by atoms with van der Waals surface area (Å²) in [4.78, 5) is 0. The highest BCUT2D eigenvalue weighted by Crippen LogP contribution is 2.62. The van der Waals surface area contributed by atoms with Crippen LogP contribution >= 0.6 is 15.8 Å². The highest BCUT2D eigenvalue weighted by Gasteiger charge is 2.54. The van der Waals surface area contributed by atoms with Crippen LogP contribution in [-0.4, -0.2) is 5.40 Å². The predicted molar refractivity (Wildman–Crippen MR) is 168 cm³/mol. The molecule has 0 spiro atoms. The Morgan fingerprint density at radius 3 is 0.583 bits per heavy atom. The molecule has 0 aliphatic heterocycles. The van der Waals surface area contributed by atoms with E-state index in [0.29, 0.717) is 0 Å². The fourth-order valence-corrected chi connectivity index (χ4v) is 13.8. The molecule has 0 heterocycles. The molecule has 0 aliphatic rings. The van der Waals surface area contributed by atoms with Crippen LogP contribution in [0.2, 0.25) is 0 Å². The maximum Gasteiger partial charge on any atom is 0.417 e. The molecule has 0 unspecified atom stereocenters. The van der Waals surface area contributed by atoms with Gasteiger partial charge >= 0.3 is 49.4 Å². The topological polar surface area (TPSA) is 0 Å². The van der Waals surface area contributed by atoms with Crippen molar-refractivity contribution in [1.82, 2.24) is 0 Å². The van der Waals surface area contributed by atoms with Crippen LogP contribution in [0.3, 0.4) is 0 Å². The summed E-state index contributed by atoms with van der Waals surface area (Å²) in [5.41, 5.74) is -23.3. The molecule has 26 heteroatoms. The number of rotatable bonds is 6. The third-order valence-corrected chi connectivity index (χ3v) is 14.8. The van der Waals surface area contributed by atoms with Gasteiger partial charge in [0.1, 0.15) is 0 Å². The molecular weight excluding hydrogens is 926 g/mol. The Kier molecular flexibility index (Phi) is 12.8. The van der Waals surface area contributed by atoms with Crippen molar-refractivity contribution in [3.63, 3.8) is 0 Å². The van der Waals surface area contributed by atoms with Gasteiger partial charge in [-0.25, -0.2) is 0 Å². The van der Waals surface area contributed by atoms with Crippen LogP contribution in [0.5, 0.6) is 0 Å². The minimum Gasteiger partial charge on any atom is -0.166 e. The van der Waals surface area contributed by atoms with Gasteiger partial charge in [-0.2, -0.15) is 105 Å². The minimum absolute atomic E-state index is 0.0232. The van der Waals surface area contributed by atoms with Gasteiger partial charge in [-0.05, 0) is 61.3 Å². The van der Waals surface area contributed by atoms with Crippen LogP contribution in [0, 0.1) is 0 Å². The fraction of sp³-hybridized carbons (Fsp3) is 0.294. The summed E-state index contributed by atoms with van der Waals surface area (Å²) in [6.45, 7) is 0.0963. The second kappa shape index (κ2) is 15.8. The first kappa shape index (κ1) is 48.7. The molecule has 4 rings (SSSR count). The lowest BCUT2D eigenvalue weighted by atomic mass is 10.1. The molecule has 0 aliphatic carbocycles. The van der Waals surface area contributed by atoms with Gasteiger partial charge in [0.15, 0.2) is 0 Å². The smallest absolute Gasteiger partial charge is 0.166 e. The molecule has 0 saturated carbocycles. The minimum atomic E-state index is -6.44. The van der Waals surface area contributed by atoms with E-state index >= 15 is 0 Å². The molecule has 0 N–H and O–H groups in total. The van der Waals surface area contributed by atoms with Crippen molar-refractivity contribution in [2.75, 3.05) is 0 Å². The van der Waals surface area contributed by atoms with E-state index in [4.69, 9.17) is 0 Å². The molecule has 330 valence electrons. The third kappa shape index (κ3) is 9.89. The first-order valence-electron chi connectivity index (χ1n) is 15.5. The first-order chi connectivity index (χ1) is 26.8. The van der Waals surface area contributed by atoms with Crippen molar-refractivity contribution in [2.45, 2.75) is 61.7 Å². The van der Waals surface area contributed by atoms with Crippen molar-refractivity contribution in [3.05, 3.63) is 117 Å². The molecule has 4 aromatic rings. The Labute approximate surface area is 321 Å². The van der Waals surface area contributed by atoms with Crippen LogP contribution in [0.15, 0.2) is 72.8 Å². The number of hydrogen-bond donors (Lipinski definition) is 0. The van der Waals surface area contributed by atoms with Crippen molar-refractivity contribution in [2.24, 2.45) is 0 Å². The highest BCUT2D eigenvalue weighted by atomic mass is 31.2. The van der Waals surface area contributed by atoms with E-state index in [1.165, 1.54) is 0 Å². The lowest BCUT2D eigenvalue weighted by molar-refractivity contribution is -0.161. The lowest BCUT2D eigenvalue weighted by Crippen LogP contribution is -2.37. The molecule has 0 atom stereocenters. The normalized spacial score (nSPS) is 14.2. The van der Waals surface area contributed by atoms with E-state index in [-0.39, 0.29) is 79.7 Å². The molecule has 0 bridgehead atoms. The second-order valence-electron chi connectivity index (χ2n) is 12.2. The van der Waals surface area contributed by atoms with Gasteiger partial charge in [-0.15, -0.1) is 0 Å². The van der Waals surface area contributed by atoms with E-state index in [0.717, 1.165) is 0 Å². The van der Waals surface area contributed by atoms with Gasteiger partial charge in [0.25, 0.3) is 0 Å². The monoisotopic (exact) mass is 942 g/mol. The molecular formula is C34H16F24P2. The van der Waals surface area contributed by atoms with Gasteiger partial charge in [-0.3, -0.25) is 0 Å². The third-order valence-electron chi connectivity index (χ3n) is 8.31. The predicted octanol–water partition coefficient (Wildman–Crippen LogP) is 13.7. The molecule has 0 amide bonds. The van der Waals surface area contributed by atoms with Gasteiger partial charge in [0.2, 0.25) is 0 Å². The summed E-state index contributed by atoms with van der Waals surface area (Å²) in [6, 6.07) is -1.76. The Balaban J connectivity index is 2.46. The van der Waals surface area contributed by atoms with E-state index < -0.39 is 136 Å². The summed E-state index contributed by atoms with van der Waals surface area (Å²) >= 11 is 0. The molecule has 0 radical (unpaired) electrons. The average molecular weight is 942 g/mol. The summed E-state index contributed by atoms with van der Waals surface area (Å²) in [5, 5.41) is -11.8. The van der Waals surface area contributed by atoms with E-state index in [1.807, 2.05) is 0 Å². The number of halogens is 24. The van der Waals surface area contributed by atoms with Gasteiger partial charge in [0, 0.05) is 5.40 Å². The maximum atomic E-state index is 14.8. The van der Waals surface area contributed by atoms with Crippen LogP contribution in [0.25, 0.3) is 0 Å². The quantitative estimate of drug-likeness (QED) is 0.133. The van der Waals surface area contributed by atoms with E-state index in [1.54, 1.807) is 0 Å². The zero-order valence-corrected chi connectivity index (χ0v) is 30.3. The van der Waals surface area contributed by atoms with Crippen molar-refractivity contribution in [3.8, 4) is 0 Å². The molecule has 0 aromatic heterocycles. The molecule has 4 aromatic carbocycles. The zero-order chi connectivity index (χ0) is 46.1. The Bertz CT molecular complexity index is 1890. The van der Waals surface area contributed by atoms with Crippen molar-refractivity contribution in [1.29, 1.82) is 0 Å². The maximum absolute atomic E-state index is 14.8. The standard InChI is InChI=1S/C34H16F24P2/c1-14(59(19-10-2-6-15(27(35,36)37)23(19)31(47,48)49)20-11-3-7-16(28(38,39)40)24(20)32(50,51)52)60(21-12-4-8-17(29(41,42)43)25(21)33(53,54)55)22-13-5-9-18(30(44,45)46)26(22)34(56,57)58/h2-14H,1H3. The number of hydrogen-bond acceptors (Lipinski definition) is 0. The Morgan fingerprint density at radius 2 is 0.450 bits per heavy atom. The van der Waals surface area contributed by atoms with Crippen molar-refractivity contribution < 1.29 is 105 Å². The SMILES string of the molecule is CC(P(c1cccc(C(F)(F)F)c1C(F)(F)F)c1cccc(C(F)(F)F)c1C(F)(F)F)P(c1cccc(C(F)(F)F)c1C(F)(F)F)c1cccc(C(F)(F)F)c1C(F)(F)F. The van der Waals surface area contributed by atoms with Gasteiger partial charge in [-0.1, -0.05) is 55.5 Å². The Hall–Kier alpha value is -3.94. The van der Waals surface area contributed by atoms with Gasteiger partial charge in [0.05, 0.1) is 44.5 Å². The number of benzene rings is 4. The second-order valence-corrected chi connectivity index (χ2v) is 17.5. The van der Waals surface area contributed by atoms with Crippen LogP contribution < -0.4 is 21.2 Å². The van der Waals surface area contributed by atoms with Gasteiger partial charge < -0.3 is 0 Å². The summed E-state index contributed by atoms with van der Waals surface area (Å²) < 4.78 is 348. The first-order valence-corrected chi connectivity index (χ1v) is 18.3. The molecule has 0 fully saturated rings. The van der Waals surface area contributed by atoms with Crippen molar-refractivity contribution >= 4 is 37.1 Å². The van der Waals surface area contributed by atoms with Crippen LogP contribution in [0.4, 0.5) is 105 Å². The van der Waals surface area contributed by atoms with E-state index in [2.05, 4.69) is 0 Å².